The van der Waals surface area contributed by atoms with Crippen molar-refractivity contribution in [2.75, 3.05) is 13.7 Å². The quantitative estimate of drug-likeness (QED) is 0.490. The Kier molecular flexibility index (Phi) is 6.91. The molecule has 0 bridgehead atoms. The van der Waals surface area contributed by atoms with Crippen LogP contribution in [0.4, 0.5) is 0 Å². The fraction of sp³-hybridized carbons (Fsp3) is 0.250. The topological polar surface area (TPSA) is 79.2 Å². The smallest absolute Gasteiger partial charge is 0.373 e. The zero-order valence-corrected chi connectivity index (χ0v) is 14.9. The summed E-state index contributed by atoms with van der Waals surface area (Å²) < 4.78 is 5.11. The van der Waals surface area contributed by atoms with Crippen molar-refractivity contribution in [3.8, 4) is 0 Å². The molecule has 0 radical (unpaired) electrons. The van der Waals surface area contributed by atoms with Gasteiger partial charge >= 0.3 is 11.9 Å². The second-order valence-electron chi connectivity index (χ2n) is 5.70. The third-order valence-electron chi connectivity index (χ3n) is 3.69. The van der Waals surface area contributed by atoms with Gasteiger partial charge in [0.05, 0.1) is 18.7 Å². The first kappa shape index (κ1) is 19.2. The summed E-state index contributed by atoms with van der Waals surface area (Å²) in [5, 5.41) is 8.94. The van der Waals surface area contributed by atoms with Crippen LogP contribution in [0.15, 0.2) is 59.6 Å². The fourth-order valence-corrected chi connectivity index (χ4v) is 2.39. The number of likely N-dealkylation sites (N-methyl/N-ethyl adjacent to an activating group) is 1. The molecule has 0 fully saturated rings. The molecule has 0 unspecified atom stereocenters. The highest BCUT2D eigenvalue weighted by Crippen LogP contribution is 2.09. The second kappa shape index (κ2) is 9.36. The van der Waals surface area contributed by atoms with Gasteiger partial charge in [0.1, 0.15) is 0 Å². The number of ether oxygens (including phenoxy) is 1. The summed E-state index contributed by atoms with van der Waals surface area (Å²) in [7, 11) is 1.79. The zero-order valence-electron chi connectivity index (χ0n) is 14.9. The summed E-state index contributed by atoms with van der Waals surface area (Å²) in [6.45, 7) is 2.80. The molecular weight excluding hydrogens is 332 g/mol. The van der Waals surface area contributed by atoms with Gasteiger partial charge in [0.25, 0.3) is 0 Å². The van der Waals surface area contributed by atoms with Gasteiger partial charge in [-0.2, -0.15) is 0 Å². The molecular formula is C20H22N2O4. The van der Waals surface area contributed by atoms with E-state index in [1.807, 2.05) is 30.3 Å². The number of carboxylic acid groups (broad SMARTS) is 1. The lowest BCUT2D eigenvalue weighted by atomic mass is 10.1. The van der Waals surface area contributed by atoms with Crippen LogP contribution in [0, 0.1) is 0 Å². The molecule has 26 heavy (non-hydrogen) atoms. The lowest BCUT2D eigenvalue weighted by Crippen LogP contribution is -2.34. The van der Waals surface area contributed by atoms with Gasteiger partial charge in [-0.05, 0) is 30.2 Å². The molecule has 0 atom stereocenters. The van der Waals surface area contributed by atoms with Crippen LogP contribution in [-0.2, 0) is 22.6 Å². The number of amidine groups is 1. The van der Waals surface area contributed by atoms with Gasteiger partial charge in [0.2, 0.25) is 5.84 Å². The van der Waals surface area contributed by atoms with Crippen LogP contribution in [0.25, 0.3) is 0 Å². The summed E-state index contributed by atoms with van der Waals surface area (Å²) in [5.41, 5.74) is 2.08. The van der Waals surface area contributed by atoms with E-state index < -0.39 is 11.9 Å². The molecule has 0 aliphatic heterocycles. The van der Waals surface area contributed by atoms with Gasteiger partial charge in [-0.1, -0.05) is 42.5 Å². The lowest BCUT2D eigenvalue weighted by Gasteiger charge is -2.20. The predicted octanol–water partition coefficient (Wildman–Crippen LogP) is 2.98. The molecule has 1 N–H and O–H groups in total. The van der Waals surface area contributed by atoms with Crippen LogP contribution in [-0.4, -0.2) is 41.4 Å². The van der Waals surface area contributed by atoms with E-state index in [1.54, 1.807) is 31.0 Å². The molecule has 0 aliphatic rings. The zero-order chi connectivity index (χ0) is 18.9. The van der Waals surface area contributed by atoms with E-state index in [1.165, 1.54) is 12.1 Å². The number of carbonyl (C=O) groups excluding carboxylic acids is 1. The Bertz CT molecular complexity index is 770. The van der Waals surface area contributed by atoms with E-state index in [-0.39, 0.29) is 24.6 Å². The van der Waals surface area contributed by atoms with Gasteiger partial charge in [0, 0.05) is 13.6 Å². The summed E-state index contributed by atoms with van der Waals surface area (Å²) in [6, 6.07) is 16.2. The van der Waals surface area contributed by atoms with Gasteiger partial charge < -0.3 is 14.7 Å². The third-order valence-corrected chi connectivity index (χ3v) is 3.69. The Hall–Kier alpha value is -3.15. The summed E-state index contributed by atoms with van der Waals surface area (Å²) in [5.74, 6) is -1.22. The van der Waals surface area contributed by atoms with E-state index in [0.717, 1.165) is 11.1 Å². The van der Waals surface area contributed by atoms with Crippen molar-refractivity contribution in [2.45, 2.75) is 20.0 Å². The molecule has 0 saturated heterocycles. The Morgan fingerprint density at radius 3 is 2.27 bits per heavy atom. The van der Waals surface area contributed by atoms with Gasteiger partial charge in [-0.3, -0.25) is 4.99 Å². The third kappa shape index (κ3) is 5.44. The molecule has 2 rings (SSSR count). The molecule has 2 aromatic rings. The predicted molar refractivity (Wildman–Crippen MR) is 99.1 cm³/mol. The van der Waals surface area contributed by atoms with Crippen LogP contribution in [0.3, 0.4) is 0 Å². The lowest BCUT2D eigenvalue weighted by molar-refractivity contribution is -0.135. The summed E-state index contributed by atoms with van der Waals surface area (Å²) in [6.07, 6.45) is 0. The Morgan fingerprint density at radius 2 is 1.69 bits per heavy atom. The number of esters is 1. The molecule has 0 aliphatic carbocycles. The molecule has 136 valence electrons. The highest BCUT2D eigenvalue weighted by molar-refractivity contribution is 6.35. The number of benzene rings is 2. The first-order valence-corrected chi connectivity index (χ1v) is 8.30. The monoisotopic (exact) mass is 354 g/mol. The van der Waals surface area contributed by atoms with Crippen molar-refractivity contribution in [2.24, 2.45) is 4.99 Å². The first-order chi connectivity index (χ1) is 12.5. The minimum absolute atomic E-state index is 0.213. The maximum absolute atomic E-state index is 12.3. The summed E-state index contributed by atoms with van der Waals surface area (Å²) in [4.78, 5) is 29.3. The highest BCUT2D eigenvalue weighted by atomic mass is 16.5. The Balaban J connectivity index is 2.16. The normalized spacial score (nSPS) is 11.1. The molecule has 2 aromatic carbocycles. The minimum Gasteiger partial charge on any atom is -0.478 e. The molecule has 6 heteroatoms. The van der Waals surface area contributed by atoms with Crippen LogP contribution in [0.2, 0.25) is 0 Å². The number of aromatic carboxylic acids is 1. The number of nitrogens with zero attached hydrogens (tertiary/aromatic N) is 2. The van der Waals surface area contributed by atoms with Crippen molar-refractivity contribution in [1.29, 1.82) is 0 Å². The highest BCUT2D eigenvalue weighted by Gasteiger charge is 2.18. The van der Waals surface area contributed by atoms with Crippen LogP contribution in [0.1, 0.15) is 28.4 Å². The Labute approximate surface area is 152 Å². The molecule has 0 aromatic heterocycles. The maximum Gasteiger partial charge on any atom is 0.373 e. The van der Waals surface area contributed by atoms with Crippen molar-refractivity contribution >= 4 is 17.8 Å². The van der Waals surface area contributed by atoms with Crippen molar-refractivity contribution in [3.63, 3.8) is 0 Å². The average Bonchev–Trinajstić information content (AvgIpc) is 2.63. The largest absolute Gasteiger partial charge is 0.478 e. The van der Waals surface area contributed by atoms with Gasteiger partial charge in [-0.15, -0.1) is 0 Å². The second-order valence-corrected chi connectivity index (χ2v) is 5.70. The van der Waals surface area contributed by atoms with E-state index in [0.29, 0.717) is 6.54 Å². The van der Waals surface area contributed by atoms with Gasteiger partial charge in [-0.25, -0.2) is 9.59 Å². The first-order valence-electron chi connectivity index (χ1n) is 8.30. The number of carbonyl (C=O) groups is 2. The van der Waals surface area contributed by atoms with Crippen LogP contribution >= 0.6 is 0 Å². The fourth-order valence-electron chi connectivity index (χ4n) is 2.39. The Morgan fingerprint density at radius 1 is 1.04 bits per heavy atom. The van der Waals surface area contributed by atoms with Crippen LogP contribution < -0.4 is 0 Å². The van der Waals surface area contributed by atoms with E-state index >= 15 is 0 Å². The SMILES string of the molecule is CCOC(=O)C(=NCc1ccc(C(=O)O)cc1)N(C)Cc1ccccc1. The van der Waals surface area contributed by atoms with Crippen LogP contribution in [0.5, 0.6) is 0 Å². The summed E-state index contributed by atoms with van der Waals surface area (Å²) >= 11 is 0. The average molecular weight is 354 g/mol. The molecule has 6 nitrogen and oxygen atoms in total. The van der Waals surface area contributed by atoms with Crippen molar-refractivity contribution in [3.05, 3.63) is 71.3 Å². The van der Waals surface area contributed by atoms with E-state index in [4.69, 9.17) is 9.84 Å². The number of hydrogen-bond donors (Lipinski definition) is 1. The van der Waals surface area contributed by atoms with Gasteiger partial charge in [0.15, 0.2) is 0 Å². The van der Waals surface area contributed by atoms with Crippen molar-refractivity contribution < 1.29 is 19.4 Å². The number of aliphatic imine (C=N–C) groups is 1. The molecule has 0 amide bonds. The number of rotatable bonds is 6. The minimum atomic E-state index is -0.977. The molecule has 0 saturated carbocycles. The van der Waals surface area contributed by atoms with Crippen molar-refractivity contribution in [1.82, 2.24) is 4.90 Å². The molecule has 0 heterocycles. The van der Waals surface area contributed by atoms with E-state index in [2.05, 4.69) is 4.99 Å². The maximum atomic E-state index is 12.3. The number of carboxylic acids is 1. The number of hydrogen-bond acceptors (Lipinski definition) is 4. The van der Waals surface area contributed by atoms with E-state index in [9.17, 15) is 9.59 Å². The molecule has 0 spiro atoms. The standard InChI is InChI=1S/C20H22N2O4/c1-3-26-20(25)18(22(2)14-16-7-5-4-6-8-16)21-13-15-9-11-17(12-10-15)19(23)24/h4-12H,3,13-14H2,1-2H3,(H,23,24).